The number of alkyl halides is 15. The Bertz CT molecular complexity index is 1050. The Hall–Kier alpha value is -3.01. The zero-order valence-corrected chi connectivity index (χ0v) is 16.8. The molecule has 2 aromatic carbocycles. The predicted octanol–water partition coefficient (Wildman–Crippen LogP) is 8.19. The Morgan fingerprint density at radius 2 is 1.03 bits per heavy atom. The van der Waals surface area contributed by atoms with Crippen LogP contribution in [-0.2, 0) is 5.92 Å². The van der Waals surface area contributed by atoms with Crippen molar-refractivity contribution >= 4 is 5.69 Å². The van der Waals surface area contributed by atoms with Crippen molar-refractivity contribution in [1.29, 1.82) is 0 Å². The number of anilines is 1. The highest BCUT2D eigenvalue weighted by Gasteiger charge is 2.82. The molecule has 0 spiro atoms. The SMILES string of the molecule is Nc1cc(Oc2ccc(C(C(F)(F)F)C(F)(F)F)cc2)ccc1C(F)(F)C(F)(F)C(F)(F)C(F)(F)F. The van der Waals surface area contributed by atoms with Gasteiger partial charge in [-0.15, -0.1) is 0 Å². The van der Waals surface area contributed by atoms with Gasteiger partial charge in [0.15, 0.2) is 5.92 Å². The van der Waals surface area contributed by atoms with Gasteiger partial charge in [0.2, 0.25) is 0 Å². The van der Waals surface area contributed by atoms with Gasteiger partial charge in [-0.3, -0.25) is 0 Å². The average molecular weight is 553 g/mol. The van der Waals surface area contributed by atoms with E-state index in [1.54, 1.807) is 0 Å². The van der Waals surface area contributed by atoms with Gasteiger partial charge in [-0.05, 0) is 29.8 Å². The van der Waals surface area contributed by atoms with Gasteiger partial charge in [-0.2, -0.15) is 65.9 Å². The molecular weight excluding hydrogens is 543 g/mol. The fourth-order valence-electron chi connectivity index (χ4n) is 2.86. The topological polar surface area (TPSA) is 35.2 Å². The zero-order valence-electron chi connectivity index (χ0n) is 16.8. The monoisotopic (exact) mass is 553 g/mol. The summed E-state index contributed by atoms with van der Waals surface area (Å²) in [5.74, 6) is -25.3. The molecule has 0 unspecified atom stereocenters. The smallest absolute Gasteiger partial charge is 0.457 e. The lowest BCUT2D eigenvalue weighted by atomic mass is 9.95. The number of benzene rings is 2. The Labute approximate surface area is 190 Å². The molecule has 0 heterocycles. The minimum Gasteiger partial charge on any atom is -0.457 e. The first-order chi connectivity index (χ1) is 15.9. The van der Waals surface area contributed by atoms with E-state index in [1.165, 1.54) is 0 Å². The standard InChI is InChI=1S/C19H10F15NO/c20-14(21,17(28,29)18(30,31)19(32,33)34)11-6-5-10(7-12(11)35)36-9-3-1-8(2-4-9)13(15(22,23)24)16(25,26)27/h1-7,13H,35H2. The van der Waals surface area contributed by atoms with Crippen LogP contribution in [0.2, 0.25) is 0 Å². The Kier molecular flexibility index (Phi) is 7.17. The second kappa shape index (κ2) is 8.83. The maximum Gasteiger partial charge on any atom is 0.460 e. The maximum absolute atomic E-state index is 14.1. The van der Waals surface area contributed by atoms with Gasteiger partial charge >= 0.3 is 36.3 Å². The molecule has 17 heteroatoms. The number of nitrogens with two attached hydrogens (primary N) is 1. The van der Waals surface area contributed by atoms with E-state index >= 15 is 0 Å². The van der Waals surface area contributed by atoms with Crippen LogP contribution >= 0.6 is 0 Å². The Morgan fingerprint density at radius 1 is 0.583 bits per heavy atom. The number of hydrogen-bond acceptors (Lipinski definition) is 2. The second-order valence-electron chi connectivity index (χ2n) is 7.16. The van der Waals surface area contributed by atoms with Crippen LogP contribution in [0.25, 0.3) is 0 Å². The lowest BCUT2D eigenvalue weighted by molar-refractivity contribution is -0.399. The van der Waals surface area contributed by atoms with Gasteiger partial charge in [0.1, 0.15) is 11.5 Å². The Morgan fingerprint density at radius 3 is 1.42 bits per heavy atom. The molecule has 0 aliphatic heterocycles. The molecule has 0 aromatic heterocycles. The van der Waals surface area contributed by atoms with Gasteiger partial charge < -0.3 is 10.5 Å². The normalized spacial score (nSPS) is 14.3. The molecule has 0 saturated carbocycles. The van der Waals surface area contributed by atoms with Gasteiger partial charge in [0.05, 0.1) is 5.56 Å². The van der Waals surface area contributed by atoms with Gasteiger partial charge in [0.25, 0.3) is 0 Å². The minimum atomic E-state index is -7.17. The number of nitrogen functional groups attached to an aromatic ring is 1. The molecule has 0 aliphatic carbocycles. The fourth-order valence-corrected chi connectivity index (χ4v) is 2.86. The molecule has 0 saturated heterocycles. The van der Waals surface area contributed by atoms with Crippen LogP contribution < -0.4 is 10.5 Å². The molecule has 0 amide bonds. The first-order valence-electron chi connectivity index (χ1n) is 8.96. The highest BCUT2D eigenvalue weighted by molar-refractivity contribution is 5.55. The van der Waals surface area contributed by atoms with Gasteiger partial charge in [-0.25, -0.2) is 0 Å². The van der Waals surface area contributed by atoms with Crippen LogP contribution in [0.4, 0.5) is 71.5 Å². The quantitative estimate of drug-likeness (QED) is 0.289. The fraction of sp³-hybridized carbons (Fsp3) is 0.368. The third-order valence-corrected chi connectivity index (χ3v) is 4.61. The van der Waals surface area contributed by atoms with Crippen molar-refractivity contribution in [2.45, 2.75) is 42.2 Å². The van der Waals surface area contributed by atoms with E-state index in [0.717, 1.165) is 0 Å². The molecule has 2 aromatic rings. The van der Waals surface area contributed by atoms with E-state index < -0.39 is 70.5 Å². The number of ether oxygens (including phenoxy) is 1. The minimum absolute atomic E-state index is 0.0667. The maximum atomic E-state index is 14.1. The van der Waals surface area contributed by atoms with Crippen molar-refractivity contribution < 1.29 is 70.6 Å². The summed E-state index contributed by atoms with van der Waals surface area (Å²) in [5.41, 5.74) is 0.270. The van der Waals surface area contributed by atoms with Crippen molar-refractivity contribution in [3.05, 3.63) is 53.6 Å². The first kappa shape index (κ1) is 29.2. The predicted molar refractivity (Wildman–Crippen MR) is 92.1 cm³/mol. The molecule has 0 aliphatic rings. The second-order valence-corrected chi connectivity index (χ2v) is 7.16. The third-order valence-electron chi connectivity index (χ3n) is 4.61. The van der Waals surface area contributed by atoms with E-state index in [9.17, 15) is 65.9 Å². The molecule has 2 rings (SSSR count). The lowest BCUT2D eigenvalue weighted by Gasteiger charge is -2.34. The van der Waals surface area contributed by atoms with Crippen molar-refractivity contribution in [2.24, 2.45) is 0 Å². The summed E-state index contributed by atoms with van der Waals surface area (Å²) in [5, 5.41) is 0. The third kappa shape index (κ3) is 5.23. The van der Waals surface area contributed by atoms with Gasteiger partial charge in [-0.1, -0.05) is 12.1 Å². The first-order valence-corrected chi connectivity index (χ1v) is 8.96. The number of rotatable bonds is 6. The van der Waals surface area contributed by atoms with E-state index in [1.807, 2.05) is 0 Å². The molecule has 202 valence electrons. The molecule has 0 bridgehead atoms. The van der Waals surface area contributed by atoms with Crippen LogP contribution in [0.5, 0.6) is 11.5 Å². The van der Waals surface area contributed by atoms with Crippen molar-refractivity contribution in [1.82, 2.24) is 0 Å². The lowest BCUT2D eigenvalue weighted by Crippen LogP contribution is -2.59. The Balaban J connectivity index is 2.35. The molecule has 0 fully saturated rings. The summed E-state index contributed by atoms with van der Waals surface area (Å²) in [7, 11) is 0. The molecule has 36 heavy (non-hydrogen) atoms. The average Bonchev–Trinajstić information content (AvgIpc) is 2.66. The van der Waals surface area contributed by atoms with Gasteiger partial charge in [0, 0.05) is 11.8 Å². The van der Waals surface area contributed by atoms with E-state index in [2.05, 4.69) is 0 Å². The highest BCUT2D eigenvalue weighted by Crippen LogP contribution is 2.57. The molecule has 0 radical (unpaired) electrons. The van der Waals surface area contributed by atoms with Crippen LogP contribution in [0.1, 0.15) is 17.0 Å². The highest BCUT2D eigenvalue weighted by atomic mass is 19.4. The molecule has 0 atom stereocenters. The van der Waals surface area contributed by atoms with Crippen LogP contribution in [0.15, 0.2) is 42.5 Å². The summed E-state index contributed by atoms with van der Waals surface area (Å²) in [4.78, 5) is 0. The summed E-state index contributed by atoms with van der Waals surface area (Å²) in [6, 6.07) is 2.51. The van der Waals surface area contributed by atoms with Crippen LogP contribution in [0, 0.1) is 0 Å². The summed E-state index contributed by atoms with van der Waals surface area (Å²) < 4.78 is 200. The van der Waals surface area contributed by atoms with E-state index in [4.69, 9.17) is 10.5 Å². The van der Waals surface area contributed by atoms with Crippen LogP contribution in [-0.4, -0.2) is 30.4 Å². The largest absolute Gasteiger partial charge is 0.460 e. The zero-order chi connectivity index (χ0) is 28.1. The molecular formula is C19H10F15NO. The van der Waals surface area contributed by atoms with Crippen molar-refractivity contribution in [3.8, 4) is 11.5 Å². The summed E-state index contributed by atoms with van der Waals surface area (Å²) in [6.45, 7) is 0. The summed E-state index contributed by atoms with van der Waals surface area (Å²) >= 11 is 0. The van der Waals surface area contributed by atoms with Crippen molar-refractivity contribution in [3.63, 3.8) is 0 Å². The van der Waals surface area contributed by atoms with E-state index in [-0.39, 0.29) is 12.1 Å². The van der Waals surface area contributed by atoms with E-state index in [0.29, 0.717) is 30.3 Å². The number of hydrogen-bond donors (Lipinski definition) is 1. The molecule has 2 nitrogen and oxygen atoms in total. The number of halogens is 15. The van der Waals surface area contributed by atoms with Crippen molar-refractivity contribution in [2.75, 3.05) is 5.73 Å². The van der Waals surface area contributed by atoms with Crippen LogP contribution in [0.3, 0.4) is 0 Å². The molecule has 2 N–H and O–H groups in total. The summed E-state index contributed by atoms with van der Waals surface area (Å²) in [6.07, 6.45) is -18.5.